The Morgan fingerprint density at radius 1 is 1.20 bits per heavy atom. The monoisotopic (exact) mass is 422 g/mol. The summed E-state index contributed by atoms with van der Waals surface area (Å²) in [5.74, 6) is -1.29. The van der Waals surface area contributed by atoms with E-state index in [0.29, 0.717) is 28.6 Å². The van der Waals surface area contributed by atoms with Gasteiger partial charge in [-0.3, -0.25) is 14.5 Å². The maximum Gasteiger partial charge on any atom is 0.301 e. The van der Waals surface area contributed by atoms with Crippen LogP contribution in [-0.4, -0.2) is 33.5 Å². The summed E-state index contributed by atoms with van der Waals surface area (Å²) in [7, 11) is 0. The Morgan fingerprint density at radius 3 is 2.63 bits per heavy atom. The van der Waals surface area contributed by atoms with Gasteiger partial charge in [-0.1, -0.05) is 24.3 Å². The average molecular weight is 422 g/mol. The molecule has 4 rings (SSSR count). The predicted molar refractivity (Wildman–Crippen MR) is 113 cm³/mol. The van der Waals surface area contributed by atoms with Gasteiger partial charge >= 0.3 is 5.91 Å². The summed E-state index contributed by atoms with van der Waals surface area (Å²) < 4.78 is 5.48. The summed E-state index contributed by atoms with van der Waals surface area (Å²) in [6.45, 7) is 2.29. The number of phenols is 1. The molecule has 2 aromatic carbocycles. The van der Waals surface area contributed by atoms with Gasteiger partial charge < -0.3 is 14.9 Å². The van der Waals surface area contributed by atoms with E-state index in [1.165, 1.54) is 28.4 Å². The fourth-order valence-corrected chi connectivity index (χ4v) is 4.06. The van der Waals surface area contributed by atoms with E-state index in [1.807, 2.05) is 6.92 Å². The number of anilines is 1. The van der Waals surface area contributed by atoms with Gasteiger partial charge in [0.1, 0.15) is 17.3 Å². The van der Waals surface area contributed by atoms with Crippen LogP contribution in [0.1, 0.15) is 24.1 Å². The van der Waals surface area contributed by atoms with Crippen molar-refractivity contribution >= 4 is 33.9 Å². The standard InChI is InChI=1S/C22H18N2O5S/c1-2-29-16-5-3-4-14(12-16)19(26)17-18(13-6-8-15(25)9-7-13)24(21(28)20(17)27)22-23-10-11-30-22/h3-12,18,25-26H,2H2,1H3. The number of aliphatic hydroxyl groups is 1. The molecule has 0 bridgehead atoms. The van der Waals surface area contributed by atoms with Crippen LogP contribution in [0.15, 0.2) is 65.7 Å². The minimum atomic E-state index is -0.882. The average Bonchev–Trinajstić information content (AvgIpc) is 3.36. The molecule has 30 heavy (non-hydrogen) atoms. The van der Waals surface area contributed by atoms with Crippen molar-refractivity contribution in [3.63, 3.8) is 0 Å². The number of ether oxygens (including phenoxy) is 1. The zero-order valence-corrected chi connectivity index (χ0v) is 16.8. The molecular formula is C22H18N2O5S. The van der Waals surface area contributed by atoms with Gasteiger partial charge in [0.2, 0.25) is 0 Å². The van der Waals surface area contributed by atoms with Crippen LogP contribution in [0.2, 0.25) is 0 Å². The van der Waals surface area contributed by atoms with Gasteiger partial charge in [-0.2, -0.15) is 0 Å². The first-order chi connectivity index (χ1) is 14.5. The Morgan fingerprint density at radius 2 is 1.97 bits per heavy atom. The van der Waals surface area contributed by atoms with E-state index in [2.05, 4.69) is 4.98 Å². The number of rotatable bonds is 5. The third kappa shape index (κ3) is 3.42. The first-order valence-corrected chi connectivity index (χ1v) is 10.1. The number of nitrogens with zero attached hydrogens (tertiary/aromatic N) is 2. The highest BCUT2D eigenvalue weighted by molar-refractivity contribution is 7.14. The van der Waals surface area contributed by atoms with Crippen LogP contribution in [-0.2, 0) is 9.59 Å². The fraction of sp³-hybridized carbons (Fsp3) is 0.136. The minimum absolute atomic E-state index is 0.0467. The van der Waals surface area contributed by atoms with Crippen LogP contribution in [0, 0.1) is 0 Å². The number of benzene rings is 2. The van der Waals surface area contributed by atoms with E-state index < -0.39 is 17.7 Å². The number of aliphatic hydroxyl groups excluding tert-OH is 1. The van der Waals surface area contributed by atoms with Crippen molar-refractivity contribution in [2.75, 3.05) is 11.5 Å². The molecule has 1 saturated heterocycles. The minimum Gasteiger partial charge on any atom is -0.508 e. The third-order valence-corrected chi connectivity index (χ3v) is 5.47. The molecule has 3 aromatic rings. The van der Waals surface area contributed by atoms with Crippen LogP contribution in [0.3, 0.4) is 0 Å². The largest absolute Gasteiger partial charge is 0.508 e. The second kappa shape index (κ2) is 8.00. The summed E-state index contributed by atoms with van der Waals surface area (Å²) in [4.78, 5) is 31.3. The lowest BCUT2D eigenvalue weighted by Crippen LogP contribution is -2.29. The van der Waals surface area contributed by atoms with E-state index in [-0.39, 0.29) is 17.1 Å². The number of amides is 1. The van der Waals surface area contributed by atoms with Crippen LogP contribution < -0.4 is 9.64 Å². The number of aromatic nitrogens is 1. The highest BCUT2D eigenvalue weighted by Crippen LogP contribution is 2.43. The van der Waals surface area contributed by atoms with E-state index >= 15 is 0 Å². The lowest BCUT2D eigenvalue weighted by molar-refractivity contribution is -0.132. The molecule has 0 aliphatic carbocycles. The van der Waals surface area contributed by atoms with Gasteiger partial charge in [0.25, 0.3) is 5.78 Å². The molecule has 2 N–H and O–H groups in total. The maximum atomic E-state index is 13.0. The molecule has 1 amide bonds. The lowest BCUT2D eigenvalue weighted by atomic mass is 9.95. The van der Waals surface area contributed by atoms with Crippen molar-refractivity contribution in [2.45, 2.75) is 13.0 Å². The van der Waals surface area contributed by atoms with E-state index in [1.54, 1.807) is 48.0 Å². The van der Waals surface area contributed by atoms with Crippen molar-refractivity contribution in [2.24, 2.45) is 0 Å². The number of ketones is 1. The quantitative estimate of drug-likeness (QED) is 0.368. The summed E-state index contributed by atoms with van der Waals surface area (Å²) in [6.07, 6.45) is 1.54. The number of thiazole rings is 1. The van der Waals surface area contributed by atoms with Crippen molar-refractivity contribution in [3.05, 3.63) is 76.8 Å². The highest BCUT2D eigenvalue weighted by atomic mass is 32.1. The zero-order valence-electron chi connectivity index (χ0n) is 16.0. The molecule has 152 valence electrons. The Bertz CT molecular complexity index is 1120. The molecule has 7 nitrogen and oxygen atoms in total. The summed E-state index contributed by atoms with van der Waals surface area (Å²) in [6, 6.07) is 12.0. The highest BCUT2D eigenvalue weighted by Gasteiger charge is 2.47. The smallest absolute Gasteiger partial charge is 0.301 e. The molecule has 1 fully saturated rings. The molecular weight excluding hydrogens is 404 g/mol. The molecule has 1 unspecified atom stereocenters. The molecule has 8 heteroatoms. The fourth-order valence-electron chi connectivity index (χ4n) is 3.39. The Kier molecular flexibility index (Phi) is 5.24. The Labute approximate surface area is 176 Å². The predicted octanol–water partition coefficient (Wildman–Crippen LogP) is 3.87. The lowest BCUT2D eigenvalue weighted by Gasteiger charge is -2.23. The van der Waals surface area contributed by atoms with Crippen LogP contribution >= 0.6 is 11.3 Å². The molecule has 2 heterocycles. The molecule has 0 saturated carbocycles. The van der Waals surface area contributed by atoms with Gasteiger partial charge in [-0.25, -0.2) is 4.98 Å². The number of Topliss-reactive ketones (excluding diaryl/α,β-unsaturated/α-hetero) is 1. The van der Waals surface area contributed by atoms with Crippen LogP contribution in [0.4, 0.5) is 5.13 Å². The van der Waals surface area contributed by atoms with Crippen molar-refractivity contribution in [1.82, 2.24) is 4.98 Å². The van der Waals surface area contributed by atoms with Crippen molar-refractivity contribution in [1.29, 1.82) is 0 Å². The first kappa shape index (κ1) is 19.7. The molecule has 1 atom stereocenters. The summed E-state index contributed by atoms with van der Waals surface area (Å²) >= 11 is 1.21. The topological polar surface area (TPSA) is 100.0 Å². The van der Waals surface area contributed by atoms with E-state index in [9.17, 15) is 19.8 Å². The zero-order chi connectivity index (χ0) is 21.3. The SMILES string of the molecule is CCOc1cccc(C(O)=C2C(=O)C(=O)N(c3nccs3)C2c2ccc(O)cc2)c1. The first-order valence-electron chi connectivity index (χ1n) is 9.24. The number of phenolic OH excluding ortho intramolecular Hbond substituents is 1. The summed E-state index contributed by atoms with van der Waals surface area (Å²) in [5, 5.41) is 22.8. The van der Waals surface area contributed by atoms with E-state index in [0.717, 1.165) is 0 Å². The Hall–Kier alpha value is -3.65. The molecule has 0 spiro atoms. The number of hydrogen-bond acceptors (Lipinski definition) is 7. The molecule has 0 radical (unpaired) electrons. The number of carbonyl (C=O) groups excluding carboxylic acids is 2. The molecule has 1 aliphatic rings. The van der Waals surface area contributed by atoms with Gasteiger partial charge in [0.05, 0.1) is 18.2 Å². The normalized spacial score (nSPS) is 18.0. The molecule has 1 aromatic heterocycles. The summed E-state index contributed by atoms with van der Waals surface area (Å²) in [5.41, 5.74) is 0.876. The van der Waals surface area contributed by atoms with Crippen LogP contribution in [0.25, 0.3) is 5.76 Å². The Balaban J connectivity index is 1.90. The van der Waals surface area contributed by atoms with Crippen molar-refractivity contribution in [3.8, 4) is 11.5 Å². The second-order valence-corrected chi connectivity index (χ2v) is 7.41. The van der Waals surface area contributed by atoms with Gasteiger partial charge in [0, 0.05) is 17.1 Å². The van der Waals surface area contributed by atoms with E-state index in [4.69, 9.17) is 4.74 Å². The van der Waals surface area contributed by atoms with Gasteiger partial charge in [-0.05, 0) is 36.8 Å². The van der Waals surface area contributed by atoms with Gasteiger partial charge in [-0.15, -0.1) is 11.3 Å². The van der Waals surface area contributed by atoms with Crippen LogP contribution in [0.5, 0.6) is 11.5 Å². The third-order valence-electron chi connectivity index (χ3n) is 4.70. The van der Waals surface area contributed by atoms with Crippen molar-refractivity contribution < 1.29 is 24.5 Å². The number of carbonyl (C=O) groups is 2. The number of hydrogen-bond donors (Lipinski definition) is 2. The second-order valence-electron chi connectivity index (χ2n) is 6.54. The maximum absolute atomic E-state index is 13.0. The van der Waals surface area contributed by atoms with Gasteiger partial charge in [0.15, 0.2) is 5.13 Å². The molecule has 1 aliphatic heterocycles. The number of aromatic hydroxyl groups is 1.